The van der Waals surface area contributed by atoms with Gasteiger partial charge in [-0.05, 0) is 62.8 Å². The van der Waals surface area contributed by atoms with Crippen LogP contribution in [0.15, 0.2) is 24.3 Å². The van der Waals surface area contributed by atoms with Gasteiger partial charge in [0.15, 0.2) is 0 Å². The highest BCUT2D eigenvalue weighted by molar-refractivity contribution is 5.96. The van der Waals surface area contributed by atoms with Crippen LogP contribution in [0.25, 0.3) is 0 Å². The number of carbonyl (C=O) groups excluding carboxylic acids is 1. The van der Waals surface area contributed by atoms with Gasteiger partial charge in [-0.25, -0.2) is 0 Å². The van der Waals surface area contributed by atoms with Crippen LogP contribution >= 0.6 is 0 Å². The average Bonchev–Trinajstić information content (AvgIpc) is 2.60. The Hall–Kier alpha value is -1.59. The number of benzene rings is 1. The third kappa shape index (κ3) is 7.15. The van der Waals surface area contributed by atoms with E-state index >= 15 is 0 Å². The Bertz CT molecular complexity index is 576. The lowest BCUT2D eigenvalue weighted by Crippen LogP contribution is -2.40. The summed E-state index contributed by atoms with van der Waals surface area (Å²) in [7, 11) is 0. The maximum absolute atomic E-state index is 12.4. The molecule has 0 saturated carbocycles. The van der Waals surface area contributed by atoms with E-state index in [0.29, 0.717) is 13.2 Å². The van der Waals surface area contributed by atoms with Crippen molar-refractivity contribution in [3.63, 3.8) is 0 Å². The van der Waals surface area contributed by atoms with Crippen LogP contribution in [0.1, 0.15) is 47.5 Å². The van der Waals surface area contributed by atoms with Gasteiger partial charge in [0.2, 0.25) is 0 Å². The van der Waals surface area contributed by atoms with Crippen molar-refractivity contribution in [1.82, 2.24) is 4.90 Å². The van der Waals surface area contributed by atoms with Crippen LogP contribution in [0.2, 0.25) is 0 Å². The summed E-state index contributed by atoms with van der Waals surface area (Å²) in [4.78, 5) is 14.8. The van der Waals surface area contributed by atoms with Crippen LogP contribution in [0, 0.1) is 11.8 Å². The fourth-order valence-electron chi connectivity index (χ4n) is 3.61. The molecule has 1 aromatic carbocycles. The fourth-order valence-corrected chi connectivity index (χ4v) is 3.61. The van der Waals surface area contributed by atoms with E-state index in [0.717, 1.165) is 49.3 Å². The number of amides is 1. The van der Waals surface area contributed by atoms with Crippen molar-refractivity contribution >= 4 is 11.6 Å². The van der Waals surface area contributed by atoms with E-state index in [2.05, 4.69) is 24.1 Å². The van der Waals surface area contributed by atoms with Crippen LogP contribution in [0.3, 0.4) is 0 Å². The van der Waals surface area contributed by atoms with Crippen molar-refractivity contribution in [2.75, 3.05) is 38.2 Å². The van der Waals surface area contributed by atoms with Crippen molar-refractivity contribution < 1.29 is 14.3 Å². The number of anilines is 1. The van der Waals surface area contributed by atoms with Crippen molar-refractivity contribution in [3.8, 4) is 5.75 Å². The maximum atomic E-state index is 12.4. The highest BCUT2D eigenvalue weighted by atomic mass is 16.5. The highest BCUT2D eigenvalue weighted by Gasteiger charge is 2.28. The largest absolute Gasteiger partial charge is 0.492 e. The zero-order chi connectivity index (χ0) is 19.9. The van der Waals surface area contributed by atoms with Gasteiger partial charge in [-0.15, -0.1) is 0 Å². The van der Waals surface area contributed by atoms with E-state index in [1.165, 1.54) is 6.42 Å². The average molecular weight is 377 g/mol. The molecule has 2 atom stereocenters. The van der Waals surface area contributed by atoms with E-state index < -0.39 is 5.60 Å². The van der Waals surface area contributed by atoms with Crippen molar-refractivity contribution in [1.29, 1.82) is 0 Å². The van der Waals surface area contributed by atoms with Gasteiger partial charge in [-0.1, -0.05) is 20.8 Å². The molecule has 1 aliphatic heterocycles. The smallest absolute Gasteiger partial charge is 0.256 e. The van der Waals surface area contributed by atoms with Crippen LogP contribution in [-0.4, -0.2) is 49.3 Å². The third-order valence-corrected chi connectivity index (χ3v) is 4.95. The van der Waals surface area contributed by atoms with Gasteiger partial charge >= 0.3 is 0 Å². The Morgan fingerprint density at radius 3 is 2.37 bits per heavy atom. The molecule has 0 spiro atoms. The molecule has 27 heavy (non-hydrogen) atoms. The molecule has 0 aliphatic carbocycles. The first-order chi connectivity index (χ1) is 12.8. The minimum atomic E-state index is -0.839. The van der Waals surface area contributed by atoms with E-state index in [1.54, 1.807) is 13.8 Å². The van der Waals surface area contributed by atoms with Crippen LogP contribution in [0.5, 0.6) is 5.75 Å². The molecular weight excluding hydrogens is 340 g/mol. The lowest BCUT2D eigenvalue weighted by molar-refractivity contribution is -0.137. The van der Waals surface area contributed by atoms with Gasteiger partial charge in [-0.2, -0.15) is 0 Å². The SMILES string of the molecule is CCCOC(C)(C)C(=O)Nc1ccc(OCCN2C[C@@H](C)C[C@H](C)C2)cc1. The molecule has 0 unspecified atom stereocenters. The van der Waals surface area contributed by atoms with Crippen LogP contribution in [-0.2, 0) is 9.53 Å². The van der Waals surface area contributed by atoms with Crippen LogP contribution in [0.4, 0.5) is 5.69 Å². The van der Waals surface area contributed by atoms with Gasteiger partial charge < -0.3 is 14.8 Å². The third-order valence-electron chi connectivity index (χ3n) is 4.95. The number of ether oxygens (including phenoxy) is 2. The predicted molar refractivity (Wildman–Crippen MR) is 110 cm³/mol. The number of carbonyl (C=O) groups is 1. The van der Waals surface area contributed by atoms with E-state index in [9.17, 15) is 4.79 Å². The normalized spacial score (nSPS) is 21.1. The summed E-state index contributed by atoms with van der Waals surface area (Å²) in [6.07, 6.45) is 2.21. The number of nitrogens with one attached hydrogen (secondary N) is 1. The Labute approximate surface area is 164 Å². The first kappa shape index (κ1) is 21.7. The number of nitrogens with zero attached hydrogens (tertiary/aromatic N) is 1. The summed E-state index contributed by atoms with van der Waals surface area (Å²) in [5.74, 6) is 2.22. The second-order valence-corrected chi connectivity index (χ2v) is 8.39. The number of likely N-dealkylation sites (tertiary alicyclic amines) is 1. The fraction of sp³-hybridized carbons (Fsp3) is 0.682. The molecular formula is C22H36N2O3. The molecule has 1 fully saturated rings. The second kappa shape index (κ2) is 10.1. The molecule has 152 valence electrons. The predicted octanol–water partition coefficient (Wildman–Crippen LogP) is 4.19. The van der Waals surface area contributed by atoms with Gasteiger partial charge in [0.05, 0.1) is 0 Å². The first-order valence-electron chi connectivity index (χ1n) is 10.2. The zero-order valence-corrected chi connectivity index (χ0v) is 17.6. The molecule has 1 amide bonds. The quantitative estimate of drug-likeness (QED) is 0.702. The van der Waals surface area contributed by atoms with Gasteiger partial charge in [0.25, 0.3) is 5.91 Å². The molecule has 1 aliphatic rings. The summed E-state index contributed by atoms with van der Waals surface area (Å²) in [5, 5.41) is 2.91. The molecule has 2 rings (SSSR count). The van der Waals surface area contributed by atoms with E-state index in [4.69, 9.17) is 9.47 Å². The van der Waals surface area contributed by atoms with Gasteiger partial charge in [0, 0.05) is 31.9 Å². The monoisotopic (exact) mass is 376 g/mol. The van der Waals surface area contributed by atoms with Gasteiger partial charge in [0.1, 0.15) is 18.0 Å². The summed E-state index contributed by atoms with van der Waals surface area (Å²) >= 11 is 0. The Kier molecular flexibility index (Phi) is 8.11. The Morgan fingerprint density at radius 1 is 1.15 bits per heavy atom. The molecule has 5 nitrogen and oxygen atoms in total. The molecule has 5 heteroatoms. The zero-order valence-electron chi connectivity index (χ0n) is 17.6. The van der Waals surface area contributed by atoms with E-state index in [-0.39, 0.29) is 5.91 Å². The molecule has 1 saturated heterocycles. The summed E-state index contributed by atoms with van der Waals surface area (Å²) in [6.45, 7) is 14.8. The van der Waals surface area contributed by atoms with E-state index in [1.807, 2.05) is 31.2 Å². The highest BCUT2D eigenvalue weighted by Crippen LogP contribution is 2.21. The van der Waals surface area contributed by atoms with Crippen molar-refractivity contribution in [2.24, 2.45) is 11.8 Å². The van der Waals surface area contributed by atoms with Crippen LogP contribution < -0.4 is 10.1 Å². The standard InChI is InChI=1S/C22H36N2O3/c1-6-12-27-22(4,5)21(25)23-19-7-9-20(10-8-19)26-13-11-24-15-17(2)14-18(3)16-24/h7-10,17-18H,6,11-16H2,1-5H3,(H,23,25)/t17-,18-/m0/s1. The van der Waals surface area contributed by atoms with Gasteiger partial charge in [-0.3, -0.25) is 9.69 Å². The number of rotatable bonds is 9. The number of hydrogen-bond donors (Lipinski definition) is 1. The summed E-state index contributed by atoms with van der Waals surface area (Å²) < 4.78 is 11.5. The molecule has 0 radical (unpaired) electrons. The summed E-state index contributed by atoms with van der Waals surface area (Å²) in [6, 6.07) is 7.54. The second-order valence-electron chi connectivity index (χ2n) is 8.39. The topological polar surface area (TPSA) is 50.8 Å². The molecule has 1 heterocycles. The lowest BCUT2D eigenvalue weighted by Gasteiger charge is -2.34. The molecule has 1 aromatic rings. The Morgan fingerprint density at radius 2 is 1.78 bits per heavy atom. The van der Waals surface area contributed by atoms with Crippen molar-refractivity contribution in [3.05, 3.63) is 24.3 Å². The number of piperidine rings is 1. The Balaban J connectivity index is 1.77. The maximum Gasteiger partial charge on any atom is 0.256 e. The molecule has 0 aromatic heterocycles. The first-order valence-corrected chi connectivity index (χ1v) is 10.2. The lowest BCUT2D eigenvalue weighted by atomic mass is 9.92. The van der Waals surface area contributed by atoms with Crippen molar-refractivity contribution in [2.45, 2.75) is 53.1 Å². The molecule has 1 N–H and O–H groups in total. The summed E-state index contributed by atoms with van der Waals surface area (Å²) in [5.41, 5.74) is -0.0901. The minimum absolute atomic E-state index is 0.141. The minimum Gasteiger partial charge on any atom is -0.492 e. The number of hydrogen-bond acceptors (Lipinski definition) is 4. The molecule has 0 bridgehead atoms.